The van der Waals surface area contributed by atoms with Gasteiger partial charge in [-0.05, 0) is 59.6 Å². The summed E-state index contributed by atoms with van der Waals surface area (Å²) in [6, 6.07) is 17.7. The van der Waals surface area contributed by atoms with E-state index in [0.717, 1.165) is 11.1 Å². The van der Waals surface area contributed by atoms with Crippen LogP contribution in [0.25, 0.3) is 0 Å². The van der Waals surface area contributed by atoms with Crippen LogP contribution in [0.5, 0.6) is 0 Å². The highest BCUT2D eigenvalue weighted by Gasteiger charge is 2.39. The first kappa shape index (κ1) is 39.3. The summed E-state index contributed by atoms with van der Waals surface area (Å²) in [6.45, 7) is 14.1. The lowest BCUT2D eigenvalue weighted by Gasteiger charge is -2.41. The van der Waals surface area contributed by atoms with Crippen molar-refractivity contribution in [2.75, 3.05) is 45.9 Å². The molecule has 2 aromatic rings. The normalized spacial score (nSPS) is 17.9. The van der Waals surface area contributed by atoms with Gasteiger partial charge in [-0.3, -0.25) is 14.4 Å². The highest BCUT2D eigenvalue weighted by molar-refractivity contribution is 6.34. The predicted molar refractivity (Wildman–Crippen MR) is 183 cm³/mol. The molecule has 0 saturated carbocycles. The molecule has 0 aliphatic carbocycles. The maximum absolute atomic E-state index is 12.5. The zero-order chi connectivity index (χ0) is 37.2. The Morgan fingerprint density at radius 1 is 0.640 bits per heavy atom. The molecule has 50 heavy (non-hydrogen) atoms. The minimum absolute atomic E-state index is 0.137. The second-order valence-corrected chi connectivity index (χ2v) is 13.8. The second-order valence-electron chi connectivity index (χ2n) is 13.8. The number of ether oxygens (including phenoxy) is 3. The molecule has 1 unspecified atom stereocenters. The summed E-state index contributed by atoms with van der Waals surface area (Å²) in [6.07, 6.45) is -0.865. The molecule has 14 heteroatoms. The number of nitrogens with zero attached hydrogens (tertiary/aromatic N) is 4. The molecule has 4 rings (SSSR count). The van der Waals surface area contributed by atoms with Crippen molar-refractivity contribution in [2.24, 2.45) is 5.73 Å². The third kappa shape index (κ3) is 11.2. The Bertz CT molecular complexity index is 1510. The van der Waals surface area contributed by atoms with E-state index in [2.05, 4.69) is 0 Å². The summed E-state index contributed by atoms with van der Waals surface area (Å²) in [5, 5.41) is 0. The summed E-state index contributed by atoms with van der Waals surface area (Å²) in [5.74, 6) is -3.31. The molecule has 0 radical (unpaired) electrons. The van der Waals surface area contributed by atoms with Gasteiger partial charge >= 0.3 is 35.9 Å². The fraction of sp³-hybridized carbons (Fsp3) is 0.500. The number of hydrogen-bond donors (Lipinski definition) is 1. The first-order valence-electron chi connectivity index (χ1n) is 16.6. The molecule has 2 aliphatic rings. The fourth-order valence-corrected chi connectivity index (χ4v) is 5.41. The Morgan fingerprint density at radius 2 is 1.02 bits per heavy atom. The van der Waals surface area contributed by atoms with Crippen LogP contribution in [0.4, 0.5) is 9.59 Å². The van der Waals surface area contributed by atoms with E-state index < -0.39 is 59.2 Å². The van der Waals surface area contributed by atoms with Gasteiger partial charge in [-0.1, -0.05) is 60.7 Å². The lowest BCUT2D eigenvalue weighted by Crippen LogP contribution is -2.55. The Morgan fingerprint density at radius 3 is 1.36 bits per heavy atom. The largest absolute Gasteiger partial charge is 0.459 e. The highest BCUT2D eigenvalue weighted by atomic mass is 16.6. The van der Waals surface area contributed by atoms with Gasteiger partial charge in [0.15, 0.2) is 0 Å². The molecule has 2 saturated heterocycles. The molecule has 14 nitrogen and oxygen atoms in total. The SMILES string of the molecule is CC(C)(C)OC(=O)N1CCN(C(=O)C(N)=O)[C@@H](c2ccccc2)C1.CCOC(=O)C(=O)N1CCN(C(=O)OC(C)(C)C)CC1c1ccccc1. The number of rotatable bonds is 3. The van der Waals surface area contributed by atoms with Crippen molar-refractivity contribution in [1.82, 2.24) is 19.6 Å². The lowest BCUT2D eigenvalue weighted by molar-refractivity contribution is -0.162. The van der Waals surface area contributed by atoms with Gasteiger partial charge in [0.05, 0.1) is 18.7 Å². The van der Waals surface area contributed by atoms with Crippen molar-refractivity contribution in [2.45, 2.75) is 71.8 Å². The number of amides is 5. The number of benzene rings is 2. The molecule has 0 spiro atoms. The van der Waals surface area contributed by atoms with Crippen LogP contribution in [0.15, 0.2) is 60.7 Å². The van der Waals surface area contributed by atoms with Crippen LogP contribution in [0.2, 0.25) is 0 Å². The molecule has 2 atom stereocenters. The van der Waals surface area contributed by atoms with E-state index in [0.29, 0.717) is 6.54 Å². The number of piperazine rings is 2. The van der Waals surface area contributed by atoms with Gasteiger partial charge in [-0.15, -0.1) is 0 Å². The third-order valence-electron chi connectivity index (χ3n) is 7.62. The smallest absolute Gasteiger partial charge is 0.410 e. The monoisotopic (exact) mass is 695 g/mol. The quantitative estimate of drug-likeness (QED) is 0.286. The number of carbonyl (C=O) groups is 6. The Balaban J connectivity index is 0.000000271. The maximum atomic E-state index is 12.5. The molecule has 2 aromatic carbocycles. The highest BCUT2D eigenvalue weighted by Crippen LogP contribution is 2.28. The van der Waals surface area contributed by atoms with Gasteiger partial charge in [-0.2, -0.15) is 0 Å². The molecule has 2 N–H and O–H groups in total. The first-order valence-corrected chi connectivity index (χ1v) is 16.6. The van der Waals surface area contributed by atoms with E-state index in [9.17, 15) is 28.8 Å². The molecule has 272 valence electrons. The zero-order valence-corrected chi connectivity index (χ0v) is 29.9. The minimum Gasteiger partial charge on any atom is -0.459 e. The van der Waals surface area contributed by atoms with E-state index >= 15 is 0 Å². The minimum atomic E-state index is -0.998. The summed E-state index contributed by atoms with van der Waals surface area (Å²) in [7, 11) is 0. The van der Waals surface area contributed by atoms with Crippen LogP contribution in [-0.4, -0.2) is 113 Å². The molecule has 2 fully saturated rings. The molecule has 5 amide bonds. The van der Waals surface area contributed by atoms with Gasteiger partial charge in [0.1, 0.15) is 11.2 Å². The van der Waals surface area contributed by atoms with Crippen LogP contribution >= 0.6 is 0 Å². The first-order chi connectivity index (χ1) is 23.4. The molecule has 2 heterocycles. The van der Waals surface area contributed by atoms with E-state index in [1.807, 2.05) is 60.7 Å². The van der Waals surface area contributed by atoms with Gasteiger partial charge in [-0.25, -0.2) is 14.4 Å². The van der Waals surface area contributed by atoms with Crippen molar-refractivity contribution in [3.05, 3.63) is 71.8 Å². The molecular weight excluding hydrogens is 646 g/mol. The predicted octanol–water partition coefficient (Wildman–Crippen LogP) is 3.66. The lowest BCUT2D eigenvalue weighted by atomic mass is 10.0. The van der Waals surface area contributed by atoms with Crippen LogP contribution in [0, 0.1) is 0 Å². The van der Waals surface area contributed by atoms with Crippen molar-refractivity contribution in [3.8, 4) is 0 Å². The van der Waals surface area contributed by atoms with Crippen molar-refractivity contribution in [1.29, 1.82) is 0 Å². The van der Waals surface area contributed by atoms with E-state index in [1.54, 1.807) is 58.3 Å². The van der Waals surface area contributed by atoms with Crippen LogP contribution in [0.1, 0.15) is 71.7 Å². The Hall–Kier alpha value is -5.14. The van der Waals surface area contributed by atoms with Crippen LogP contribution in [-0.2, 0) is 33.4 Å². The molecule has 0 aromatic heterocycles. The average molecular weight is 696 g/mol. The topological polar surface area (TPSA) is 169 Å². The molecule has 2 aliphatic heterocycles. The van der Waals surface area contributed by atoms with Gasteiger partial charge in [0.2, 0.25) is 0 Å². The number of carbonyl (C=O) groups excluding carboxylic acids is 6. The van der Waals surface area contributed by atoms with Crippen LogP contribution in [0.3, 0.4) is 0 Å². The van der Waals surface area contributed by atoms with Gasteiger partial charge < -0.3 is 39.5 Å². The van der Waals surface area contributed by atoms with Crippen LogP contribution < -0.4 is 5.73 Å². The van der Waals surface area contributed by atoms with Crippen molar-refractivity contribution < 1.29 is 43.0 Å². The summed E-state index contributed by atoms with van der Waals surface area (Å²) in [4.78, 5) is 78.5. The molecular formula is C36H49N5O9. The number of esters is 1. The Kier molecular flexibility index (Phi) is 13.4. The zero-order valence-electron chi connectivity index (χ0n) is 29.9. The average Bonchev–Trinajstić information content (AvgIpc) is 3.06. The van der Waals surface area contributed by atoms with E-state index in [-0.39, 0.29) is 39.3 Å². The van der Waals surface area contributed by atoms with Crippen molar-refractivity contribution in [3.63, 3.8) is 0 Å². The summed E-state index contributed by atoms with van der Waals surface area (Å²) < 4.78 is 15.7. The fourth-order valence-electron chi connectivity index (χ4n) is 5.41. The number of primary amides is 1. The standard InChI is InChI=1S/C19H26N2O5.C17H23N3O4/c1-5-25-17(23)16(22)21-12-11-20(18(24)26-19(2,3)4)13-15(21)14-9-7-6-8-10-14;1-17(2,3)24-16(23)19-9-10-20(15(22)14(18)21)13(11-19)12-7-5-4-6-8-12/h6-10,15H,5,11-13H2,1-4H3;4-8,13H,9-11H2,1-3H3,(H2,18,21)/t;13-/m.1/s1. The van der Waals surface area contributed by atoms with Crippen molar-refractivity contribution >= 4 is 35.9 Å². The Labute approximate surface area is 293 Å². The maximum Gasteiger partial charge on any atom is 0.410 e. The van der Waals surface area contributed by atoms with E-state index in [1.165, 1.54) is 9.80 Å². The summed E-state index contributed by atoms with van der Waals surface area (Å²) >= 11 is 0. The third-order valence-corrected chi connectivity index (χ3v) is 7.62. The van der Waals surface area contributed by atoms with Gasteiger partial charge in [0.25, 0.3) is 0 Å². The summed E-state index contributed by atoms with van der Waals surface area (Å²) in [5.41, 5.74) is 5.63. The number of nitrogens with two attached hydrogens (primary N) is 1. The molecule has 0 bridgehead atoms. The second kappa shape index (κ2) is 17.0. The van der Waals surface area contributed by atoms with Gasteiger partial charge in [0, 0.05) is 39.3 Å². The van der Waals surface area contributed by atoms with E-state index in [4.69, 9.17) is 19.9 Å². The number of hydrogen-bond acceptors (Lipinski definition) is 9.